The zero-order valence-electron chi connectivity index (χ0n) is 16.8. The molecule has 0 spiro atoms. The van der Waals surface area contributed by atoms with Gasteiger partial charge in [0.15, 0.2) is 11.8 Å². The lowest BCUT2D eigenvalue weighted by molar-refractivity contribution is 0.281. The molecule has 0 atom stereocenters. The Hall–Kier alpha value is -2.76. The van der Waals surface area contributed by atoms with E-state index in [1.165, 1.54) is 12.1 Å². The van der Waals surface area contributed by atoms with E-state index < -0.39 is 0 Å². The van der Waals surface area contributed by atoms with Gasteiger partial charge in [-0.3, -0.25) is 9.98 Å². The van der Waals surface area contributed by atoms with Gasteiger partial charge in [-0.25, -0.2) is 4.39 Å². The fourth-order valence-electron chi connectivity index (χ4n) is 2.56. The molecule has 2 heterocycles. The SMILES string of the molecule is CN=C(NCCc1noc(-c2ccccn2)n1)N(C)CCOc1ccc(F)cc1.I. The first-order valence-electron chi connectivity index (χ1n) is 9.20. The van der Waals surface area contributed by atoms with E-state index in [0.717, 1.165) is 5.96 Å². The van der Waals surface area contributed by atoms with E-state index in [9.17, 15) is 4.39 Å². The van der Waals surface area contributed by atoms with Crippen LogP contribution >= 0.6 is 24.0 Å². The van der Waals surface area contributed by atoms with Crippen molar-refractivity contribution in [1.82, 2.24) is 25.3 Å². The highest BCUT2D eigenvalue weighted by Gasteiger charge is 2.10. The third kappa shape index (κ3) is 6.94. The number of rotatable bonds is 8. The van der Waals surface area contributed by atoms with Gasteiger partial charge in [-0.2, -0.15) is 4.98 Å². The number of likely N-dealkylation sites (N-methyl/N-ethyl adjacent to an activating group) is 1. The van der Waals surface area contributed by atoms with Crippen LogP contribution in [0.1, 0.15) is 5.82 Å². The first-order valence-corrected chi connectivity index (χ1v) is 9.20. The van der Waals surface area contributed by atoms with Crippen LogP contribution in [0.15, 0.2) is 58.2 Å². The molecule has 8 nitrogen and oxygen atoms in total. The van der Waals surface area contributed by atoms with Gasteiger partial charge < -0.3 is 19.5 Å². The molecule has 0 unspecified atom stereocenters. The highest BCUT2D eigenvalue weighted by molar-refractivity contribution is 14.0. The Bertz CT molecular complexity index is 921. The van der Waals surface area contributed by atoms with Gasteiger partial charge in [0.2, 0.25) is 0 Å². The lowest BCUT2D eigenvalue weighted by Crippen LogP contribution is -2.41. The fourth-order valence-corrected chi connectivity index (χ4v) is 2.56. The Balaban J connectivity index is 0.00000320. The van der Waals surface area contributed by atoms with Gasteiger partial charge in [-0.05, 0) is 36.4 Å². The molecule has 2 aromatic heterocycles. The fraction of sp³-hybridized carbons (Fsp3) is 0.300. The maximum absolute atomic E-state index is 12.9. The van der Waals surface area contributed by atoms with Crippen molar-refractivity contribution < 1.29 is 13.7 Å². The summed E-state index contributed by atoms with van der Waals surface area (Å²) in [6.45, 7) is 1.65. The second-order valence-electron chi connectivity index (χ2n) is 6.18. The number of nitrogens with zero attached hydrogens (tertiary/aromatic N) is 5. The van der Waals surface area contributed by atoms with Crippen LogP contribution in [0.4, 0.5) is 4.39 Å². The predicted octanol–water partition coefficient (Wildman–Crippen LogP) is 3.02. The van der Waals surface area contributed by atoms with Crippen molar-refractivity contribution in [3.05, 3.63) is 60.3 Å². The van der Waals surface area contributed by atoms with Crippen molar-refractivity contribution in [3.8, 4) is 17.3 Å². The Morgan fingerprint density at radius 1 is 1.23 bits per heavy atom. The minimum absolute atomic E-state index is 0. The molecule has 0 fully saturated rings. The van der Waals surface area contributed by atoms with Crippen molar-refractivity contribution in [2.24, 2.45) is 4.99 Å². The third-order valence-corrected chi connectivity index (χ3v) is 4.07. The normalized spacial score (nSPS) is 11.0. The van der Waals surface area contributed by atoms with Gasteiger partial charge in [0, 0.05) is 33.3 Å². The molecule has 0 saturated heterocycles. The van der Waals surface area contributed by atoms with Crippen molar-refractivity contribution in [1.29, 1.82) is 0 Å². The average molecular weight is 526 g/mol. The molecular formula is C20H24FIN6O2. The molecule has 0 aliphatic heterocycles. The van der Waals surface area contributed by atoms with Crippen LogP contribution in [0, 0.1) is 5.82 Å². The first-order chi connectivity index (χ1) is 14.2. The molecule has 10 heteroatoms. The summed E-state index contributed by atoms with van der Waals surface area (Å²) < 4.78 is 23.8. The molecule has 3 rings (SSSR count). The van der Waals surface area contributed by atoms with Crippen molar-refractivity contribution >= 4 is 29.9 Å². The Morgan fingerprint density at radius 3 is 2.73 bits per heavy atom. The minimum atomic E-state index is -0.284. The van der Waals surface area contributed by atoms with E-state index in [0.29, 0.717) is 49.3 Å². The number of aromatic nitrogens is 3. The van der Waals surface area contributed by atoms with Crippen LogP contribution < -0.4 is 10.1 Å². The average Bonchev–Trinajstić information content (AvgIpc) is 3.22. The first kappa shape index (κ1) is 23.5. The van der Waals surface area contributed by atoms with E-state index in [4.69, 9.17) is 9.26 Å². The summed E-state index contributed by atoms with van der Waals surface area (Å²) in [7, 11) is 3.63. The van der Waals surface area contributed by atoms with Crippen LogP contribution in [0.3, 0.4) is 0 Å². The lowest BCUT2D eigenvalue weighted by atomic mass is 10.3. The van der Waals surface area contributed by atoms with Crippen LogP contribution in [-0.2, 0) is 6.42 Å². The third-order valence-electron chi connectivity index (χ3n) is 4.07. The molecule has 3 aromatic rings. The molecule has 30 heavy (non-hydrogen) atoms. The van der Waals surface area contributed by atoms with Crippen molar-refractivity contribution in [3.63, 3.8) is 0 Å². The Kier molecular flexibility index (Phi) is 9.45. The van der Waals surface area contributed by atoms with Crippen LogP contribution in [0.25, 0.3) is 11.6 Å². The van der Waals surface area contributed by atoms with E-state index in [1.807, 2.05) is 30.1 Å². The summed E-state index contributed by atoms with van der Waals surface area (Å²) in [5.41, 5.74) is 0.649. The van der Waals surface area contributed by atoms with Gasteiger partial charge in [0.1, 0.15) is 23.9 Å². The second kappa shape index (κ2) is 12.1. The number of aliphatic imine (C=N–C) groups is 1. The minimum Gasteiger partial charge on any atom is -0.492 e. The molecule has 0 bridgehead atoms. The molecule has 1 N–H and O–H groups in total. The number of ether oxygens (including phenoxy) is 1. The van der Waals surface area contributed by atoms with Crippen molar-refractivity contribution in [2.45, 2.75) is 6.42 Å². The maximum Gasteiger partial charge on any atom is 0.276 e. The zero-order chi connectivity index (χ0) is 20.5. The van der Waals surface area contributed by atoms with Crippen LogP contribution in [0.5, 0.6) is 5.75 Å². The maximum atomic E-state index is 12.9. The summed E-state index contributed by atoms with van der Waals surface area (Å²) in [6, 6.07) is 11.5. The molecule has 0 radical (unpaired) electrons. The van der Waals surface area contributed by atoms with Gasteiger partial charge in [-0.15, -0.1) is 24.0 Å². The number of pyridine rings is 1. The molecule has 0 amide bonds. The largest absolute Gasteiger partial charge is 0.492 e. The Labute approximate surface area is 191 Å². The summed E-state index contributed by atoms with van der Waals surface area (Å²) in [6.07, 6.45) is 2.26. The molecule has 160 valence electrons. The molecular weight excluding hydrogens is 502 g/mol. The number of nitrogens with one attached hydrogen (secondary N) is 1. The molecule has 1 aromatic carbocycles. The number of hydrogen-bond donors (Lipinski definition) is 1. The van der Waals surface area contributed by atoms with Gasteiger partial charge in [0.25, 0.3) is 5.89 Å². The number of hydrogen-bond acceptors (Lipinski definition) is 6. The van der Waals surface area contributed by atoms with Gasteiger partial charge >= 0.3 is 0 Å². The summed E-state index contributed by atoms with van der Waals surface area (Å²) in [5, 5.41) is 7.24. The summed E-state index contributed by atoms with van der Waals surface area (Å²) in [5.74, 6) is 2.06. The summed E-state index contributed by atoms with van der Waals surface area (Å²) >= 11 is 0. The predicted molar refractivity (Wildman–Crippen MR) is 123 cm³/mol. The zero-order valence-corrected chi connectivity index (χ0v) is 19.1. The smallest absolute Gasteiger partial charge is 0.276 e. The second-order valence-corrected chi connectivity index (χ2v) is 6.18. The van der Waals surface area contributed by atoms with Crippen LogP contribution in [-0.4, -0.2) is 59.8 Å². The topological polar surface area (TPSA) is 88.7 Å². The monoisotopic (exact) mass is 526 g/mol. The highest BCUT2D eigenvalue weighted by Crippen LogP contribution is 2.13. The van der Waals surface area contributed by atoms with E-state index in [-0.39, 0.29) is 29.8 Å². The summed E-state index contributed by atoms with van der Waals surface area (Å²) in [4.78, 5) is 14.8. The quantitative estimate of drug-likeness (QED) is 0.274. The Morgan fingerprint density at radius 2 is 2.03 bits per heavy atom. The van der Waals surface area contributed by atoms with Crippen molar-refractivity contribution in [2.75, 3.05) is 33.8 Å². The number of guanidine groups is 1. The highest BCUT2D eigenvalue weighted by atomic mass is 127. The van der Waals surface area contributed by atoms with E-state index in [2.05, 4.69) is 25.4 Å². The van der Waals surface area contributed by atoms with Gasteiger partial charge in [0.05, 0.1) is 6.54 Å². The molecule has 0 aliphatic carbocycles. The van der Waals surface area contributed by atoms with Gasteiger partial charge in [-0.1, -0.05) is 11.2 Å². The van der Waals surface area contributed by atoms with E-state index in [1.54, 1.807) is 25.4 Å². The molecule has 0 saturated carbocycles. The molecule has 0 aliphatic rings. The number of halogens is 2. The van der Waals surface area contributed by atoms with Crippen LogP contribution in [0.2, 0.25) is 0 Å². The lowest BCUT2D eigenvalue weighted by Gasteiger charge is -2.22. The standard InChI is InChI=1S/C20H23FN6O2.HI/c1-22-20(27(2)13-14-28-16-8-6-15(21)7-9-16)24-12-10-18-25-19(29-26-18)17-5-3-4-11-23-17;/h3-9,11H,10,12-14H2,1-2H3,(H,22,24);1H. The van der Waals surface area contributed by atoms with E-state index >= 15 is 0 Å². The number of benzene rings is 1.